The number of hydrogen-bond acceptors (Lipinski definition) is 1. The van der Waals surface area contributed by atoms with E-state index in [2.05, 4.69) is 15.9 Å². The van der Waals surface area contributed by atoms with Crippen LogP contribution >= 0.6 is 15.9 Å². The Kier molecular flexibility index (Phi) is 5.84. The monoisotopic (exact) mass is 150 g/mol. The van der Waals surface area contributed by atoms with Gasteiger partial charge >= 0.3 is 0 Å². The fourth-order valence-corrected chi connectivity index (χ4v) is 0.367. The second-order valence-corrected chi connectivity index (χ2v) is 1.56. The van der Waals surface area contributed by atoms with Crippen molar-refractivity contribution in [2.75, 3.05) is 18.5 Å². The molecule has 0 N–H and O–H groups in total. The summed E-state index contributed by atoms with van der Waals surface area (Å²) in [6, 6.07) is 0. The molecule has 0 amide bonds. The van der Waals surface area contributed by atoms with Crippen LogP contribution in [0.5, 0.6) is 0 Å². The molecule has 2 heteroatoms. The number of ether oxygens (including phenoxy) is 1. The Hall–Kier alpha value is 0.440. The molecule has 0 saturated carbocycles. The predicted octanol–water partition coefficient (Wildman–Crippen LogP) is 1.11. The zero-order valence-corrected chi connectivity index (χ0v) is 5.07. The van der Waals surface area contributed by atoms with Crippen LogP contribution in [0.2, 0.25) is 0 Å². The molecule has 0 aliphatic rings. The lowest BCUT2D eigenvalue weighted by molar-refractivity contribution is 0.179. The third-order valence-electron chi connectivity index (χ3n) is 0.339. The quantitative estimate of drug-likeness (QED) is 0.433. The summed E-state index contributed by atoms with van der Waals surface area (Å²) in [6.07, 6.45) is 0. The molecule has 0 aromatic carbocycles. The summed E-state index contributed by atoms with van der Waals surface area (Å²) >= 11 is 3.17. The Bertz CT molecular complexity index is 19.5. The third kappa shape index (κ3) is 4.44. The number of hydrogen-bond donors (Lipinski definition) is 0. The van der Waals surface area contributed by atoms with Gasteiger partial charge in [-0.3, -0.25) is 0 Å². The topological polar surface area (TPSA) is 9.23 Å². The molecule has 0 heterocycles. The van der Waals surface area contributed by atoms with Crippen LogP contribution in [-0.4, -0.2) is 18.5 Å². The summed E-state index contributed by atoms with van der Waals surface area (Å²) in [5.41, 5.74) is 0. The summed E-state index contributed by atoms with van der Waals surface area (Å²) in [5.74, 6) is 0. The van der Waals surface area contributed by atoms with E-state index in [9.17, 15) is 0 Å². The van der Waals surface area contributed by atoms with Gasteiger partial charge in [0.25, 0.3) is 0 Å². The maximum Gasteiger partial charge on any atom is 0.0563 e. The second-order valence-electron chi connectivity index (χ2n) is 0.764. The van der Waals surface area contributed by atoms with E-state index >= 15 is 0 Å². The Labute approximate surface area is 46.8 Å². The fourth-order valence-electron chi connectivity index (χ4n) is 0.138. The summed E-state index contributed by atoms with van der Waals surface area (Å²) in [4.78, 5) is 0. The van der Waals surface area contributed by atoms with Crippen LogP contribution in [0.1, 0.15) is 0 Å². The van der Waals surface area contributed by atoms with Gasteiger partial charge < -0.3 is 4.74 Å². The first-order chi connectivity index (χ1) is 2.91. The summed E-state index contributed by atoms with van der Waals surface area (Å²) < 4.78 is 4.71. The molecule has 0 spiro atoms. The highest BCUT2D eigenvalue weighted by Crippen LogP contribution is 1.78. The molecule has 0 aliphatic carbocycles. The van der Waals surface area contributed by atoms with E-state index in [1.54, 1.807) is 0 Å². The van der Waals surface area contributed by atoms with E-state index in [-0.39, 0.29) is 0 Å². The molecule has 1 nitrogen and oxygen atoms in total. The van der Waals surface area contributed by atoms with Gasteiger partial charge in [0.2, 0.25) is 0 Å². The van der Waals surface area contributed by atoms with E-state index in [0.29, 0.717) is 13.2 Å². The van der Waals surface area contributed by atoms with E-state index in [1.807, 2.05) is 0 Å². The average molecular weight is 151 g/mol. The van der Waals surface area contributed by atoms with Crippen LogP contribution in [0.3, 0.4) is 0 Å². The van der Waals surface area contributed by atoms with Crippen molar-refractivity contribution in [3.05, 3.63) is 6.92 Å². The third-order valence-corrected chi connectivity index (χ3v) is 0.663. The molecule has 36 valence electrons. The van der Waals surface area contributed by atoms with Gasteiger partial charge in [-0.25, -0.2) is 0 Å². The molecule has 0 fully saturated rings. The summed E-state index contributed by atoms with van der Waals surface area (Å²) in [5, 5.41) is 0.865. The summed E-state index contributed by atoms with van der Waals surface area (Å²) in [7, 11) is 0. The molecular formula is C4H7BrO. The van der Waals surface area contributed by atoms with E-state index < -0.39 is 0 Å². The molecule has 6 heavy (non-hydrogen) atoms. The zero-order valence-electron chi connectivity index (χ0n) is 3.48. The first kappa shape index (κ1) is 6.44. The maximum absolute atomic E-state index is 4.97. The Morgan fingerprint density at radius 2 is 2.33 bits per heavy atom. The minimum absolute atomic E-state index is 0.325. The predicted molar refractivity (Wildman–Crippen MR) is 28.9 cm³/mol. The molecule has 0 rings (SSSR count). The number of alkyl halides is 1. The Balaban J connectivity index is 2.34. The molecule has 0 saturated heterocycles. The number of halogens is 1. The van der Waals surface area contributed by atoms with Gasteiger partial charge in [0.05, 0.1) is 13.2 Å². The normalized spacial score (nSPS) is 9.00. The minimum Gasteiger partial charge on any atom is -0.380 e. The average Bonchev–Trinajstić information content (AvgIpc) is 1.61. The molecule has 0 atom stereocenters. The van der Waals surface area contributed by atoms with Crippen molar-refractivity contribution in [1.29, 1.82) is 0 Å². The van der Waals surface area contributed by atoms with Gasteiger partial charge in [0.1, 0.15) is 0 Å². The highest BCUT2D eigenvalue weighted by atomic mass is 79.9. The Morgan fingerprint density at radius 3 is 2.50 bits per heavy atom. The molecule has 0 bridgehead atoms. The maximum atomic E-state index is 4.97. The van der Waals surface area contributed by atoms with Crippen molar-refractivity contribution in [3.8, 4) is 0 Å². The lowest BCUT2D eigenvalue weighted by atomic mass is 10.8. The van der Waals surface area contributed by atoms with Gasteiger partial charge in [-0.2, -0.15) is 0 Å². The van der Waals surface area contributed by atoms with E-state index in [4.69, 9.17) is 11.7 Å². The molecule has 0 unspecified atom stereocenters. The lowest BCUT2D eigenvalue weighted by Crippen LogP contribution is -1.92. The van der Waals surface area contributed by atoms with Crippen molar-refractivity contribution < 1.29 is 4.74 Å². The standard InChI is InChI=1S/C4H7BrO/c1-2-6-4-3-5/h1H,2-4H2. The highest BCUT2D eigenvalue weighted by molar-refractivity contribution is 9.09. The highest BCUT2D eigenvalue weighted by Gasteiger charge is 1.74. The minimum atomic E-state index is 0.325. The second kappa shape index (κ2) is 5.44. The van der Waals surface area contributed by atoms with Gasteiger partial charge in [-0.15, -0.1) is 0 Å². The molecule has 0 aromatic rings. The molecule has 0 aliphatic heterocycles. The van der Waals surface area contributed by atoms with Crippen LogP contribution in [0, 0.1) is 6.92 Å². The fraction of sp³-hybridized carbons (Fsp3) is 0.750. The van der Waals surface area contributed by atoms with E-state index in [1.165, 1.54) is 0 Å². The van der Waals surface area contributed by atoms with Gasteiger partial charge in [-0.1, -0.05) is 15.9 Å². The smallest absolute Gasteiger partial charge is 0.0563 e. The zero-order chi connectivity index (χ0) is 4.83. The molecular weight excluding hydrogens is 144 g/mol. The van der Waals surface area contributed by atoms with Crippen molar-refractivity contribution in [2.24, 2.45) is 0 Å². The summed E-state index contributed by atoms with van der Waals surface area (Å²) in [6.45, 7) is 6.00. The van der Waals surface area contributed by atoms with Crippen LogP contribution < -0.4 is 0 Å². The van der Waals surface area contributed by atoms with Crippen LogP contribution in [0.25, 0.3) is 0 Å². The van der Waals surface area contributed by atoms with Crippen molar-refractivity contribution in [1.82, 2.24) is 0 Å². The molecule has 2 radical (unpaired) electrons. The van der Waals surface area contributed by atoms with Crippen molar-refractivity contribution >= 4 is 15.9 Å². The number of rotatable bonds is 3. The SMILES string of the molecule is [CH]COCCBr. The van der Waals surface area contributed by atoms with Crippen molar-refractivity contribution in [3.63, 3.8) is 0 Å². The van der Waals surface area contributed by atoms with Crippen LogP contribution in [0.15, 0.2) is 0 Å². The van der Waals surface area contributed by atoms with Gasteiger partial charge in [0.15, 0.2) is 0 Å². The Morgan fingerprint density at radius 1 is 1.67 bits per heavy atom. The largest absolute Gasteiger partial charge is 0.380 e. The van der Waals surface area contributed by atoms with Crippen LogP contribution in [0.4, 0.5) is 0 Å². The molecule has 0 aromatic heterocycles. The van der Waals surface area contributed by atoms with Crippen LogP contribution in [-0.2, 0) is 4.74 Å². The van der Waals surface area contributed by atoms with E-state index in [0.717, 1.165) is 5.33 Å². The lowest BCUT2D eigenvalue weighted by Gasteiger charge is -1.90. The van der Waals surface area contributed by atoms with Gasteiger partial charge in [0, 0.05) is 5.33 Å². The van der Waals surface area contributed by atoms with Gasteiger partial charge in [-0.05, 0) is 6.92 Å². The van der Waals surface area contributed by atoms with Crippen molar-refractivity contribution in [2.45, 2.75) is 0 Å². The first-order valence-electron chi connectivity index (χ1n) is 1.75. The first-order valence-corrected chi connectivity index (χ1v) is 2.87.